The minimum Gasteiger partial charge on any atom is -0.393 e. The molecule has 0 spiro atoms. The zero-order chi connectivity index (χ0) is 34.2. The highest BCUT2D eigenvalue weighted by molar-refractivity contribution is 7.80. The monoisotopic (exact) mass is 685 g/mol. The second kappa shape index (κ2) is 17.7. The number of fused-ring (bicyclic) bond motifs is 5. The van der Waals surface area contributed by atoms with Gasteiger partial charge in [-0.05, 0) is 181 Å². The average molecular weight is 685 g/mol. The molecule has 4 aliphatic rings. The predicted molar refractivity (Wildman–Crippen MR) is 191 cm³/mol. The van der Waals surface area contributed by atoms with Crippen molar-refractivity contribution in [2.75, 3.05) is 39.3 Å². The fourth-order valence-corrected chi connectivity index (χ4v) is 11.8. The molecule has 7 N–H and O–H groups in total. The van der Waals surface area contributed by atoms with Gasteiger partial charge < -0.3 is 26.8 Å². The Hall–Kier alpha value is -0.330. The van der Waals surface area contributed by atoms with E-state index in [1.54, 1.807) is 0 Å². The van der Waals surface area contributed by atoms with Gasteiger partial charge >= 0.3 is 10.4 Å². The molecule has 3 unspecified atom stereocenters. The van der Waals surface area contributed by atoms with Crippen LogP contribution in [0.4, 0.5) is 0 Å². The molecule has 10 heteroatoms. The van der Waals surface area contributed by atoms with Crippen molar-refractivity contribution in [3.8, 4) is 0 Å². The van der Waals surface area contributed by atoms with E-state index >= 15 is 0 Å². The molecule has 4 rings (SSSR count). The smallest absolute Gasteiger partial charge is 0.393 e. The van der Waals surface area contributed by atoms with Crippen molar-refractivity contribution in [3.05, 3.63) is 0 Å². The second-order valence-corrected chi connectivity index (χ2v) is 18.1. The van der Waals surface area contributed by atoms with Gasteiger partial charge in [0, 0.05) is 6.04 Å². The molecule has 4 saturated carbocycles. The highest BCUT2D eigenvalue weighted by Crippen LogP contribution is 2.68. The number of nitrogens with two attached hydrogens (primary N) is 1. The van der Waals surface area contributed by atoms with Crippen molar-refractivity contribution < 1.29 is 22.3 Å². The molecule has 0 aliphatic heterocycles. The van der Waals surface area contributed by atoms with Crippen LogP contribution >= 0.6 is 0 Å². The third-order valence-electron chi connectivity index (χ3n) is 13.8. The molecule has 11 atom stereocenters. The van der Waals surface area contributed by atoms with E-state index in [9.17, 15) is 18.1 Å². The lowest BCUT2D eigenvalue weighted by molar-refractivity contribution is -0.167. The molecule has 0 heterocycles. The molecule has 9 nitrogen and oxygen atoms in total. The van der Waals surface area contributed by atoms with Gasteiger partial charge in [0.15, 0.2) is 0 Å². The Balaban J connectivity index is 1.23. The normalized spacial score (nSPS) is 36.9. The first-order valence-electron chi connectivity index (χ1n) is 19.5. The first kappa shape index (κ1) is 39.5. The number of hydrogen-bond acceptors (Lipinski definition) is 8. The molecule has 0 aromatic carbocycles. The van der Waals surface area contributed by atoms with E-state index in [4.69, 9.17) is 9.92 Å². The van der Waals surface area contributed by atoms with Gasteiger partial charge in [-0.3, -0.25) is 4.55 Å². The number of hydrogen-bond donors (Lipinski definition) is 6. The van der Waals surface area contributed by atoms with Gasteiger partial charge in [0.05, 0.1) is 12.2 Å². The highest BCUT2D eigenvalue weighted by atomic mass is 32.3. The maximum Gasteiger partial charge on any atom is 0.397 e. The summed E-state index contributed by atoms with van der Waals surface area (Å²) in [6, 6.07) is 0.571. The van der Waals surface area contributed by atoms with Crippen LogP contribution in [0.15, 0.2) is 0 Å². The molecule has 47 heavy (non-hydrogen) atoms. The lowest BCUT2D eigenvalue weighted by atomic mass is 9.43. The Morgan fingerprint density at radius 3 is 2.13 bits per heavy atom. The van der Waals surface area contributed by atoms with Crippen LogP contribution in [0, 0.1) is 52.3 Å². The number of aliphatic hydroxyl groups excluding tert-OH is 1. The largest absolute Gasteiger partial charge is 0.397 e. The second-order valence-electron chi connectivity index (χ2n) is 17.0. The first-order valence-corrected chi connectivity index (χ1v) is 20.8. The molecule has 4 fully saturated rings. The summed E-state index contributed by atoms with van der Waals surface area (Å²) in [6.45, 7) is 17.4. The highest BCUT2D eigenvalue weighted by Gasteiger charge is 2.62. The van der Waals surface area contributed by atoms with Gasteiger partial charge in [-0.2, -0.15) is 8.42 Å². The molecule has 0 saturated heterocycles. The number of aliphatic hydroxyl groups is 1. The fourth-order valence-electron chi connectivity index (χ4n) is 11.2. The average Bonchev–Trinajstić information content (AvgIpc) is 3.36. The van der Waals surface area contributed by atoms with Crippen LogP contribution in [0.25, 0.3) is 0 Å². The van der Waals surface area contributed by atoms with E-state index in [-0.39, 0.29) is 17.4 Å². The van der Waals surface area contributed by atoms with E-state index in [0.29, 0.717) is 53.4 Å². The van der Waals surface area contributed by atoms with Gasteiger partial charge in [0.25, 0.3) is 0 Å². The van der Waals surface area contributed by atoms with Gasteiger partial charge in [0.1, 0.15) is 0 Å². The van der Waals surface area contributed by atoms with Crippen LogP contribution in [0.5, 0.6) is 0 Å². The maximum absolute atomic E-state index is 11.8. The Morgan fingerprint density at radius 2 is 1.47 bits per heavy atom. The van der Waals surface area contributed by atoms with Gasteiger partial charge in [-0.25, -0.2) is 4.18 Å². The summed E-state index contributed by atoms with van der Waals surface area (Å²) in [5.41, 5.74) is 6.08. The zero-order valence-corrected chi connectivity index (χ0v) is 31.3. The van der Waals surface area contributed by atoms with Crippen molar-refractivity contribution in [3.63, 3.8) is 0 Å². The fraction of sp³-hybridized carbons (Fsp3) is 1.00. The van der Waals surface area contributed by atoms with Crippen LogP contribution < -0.4 is 21.7 Å². The lowest BCUT2D eigenvalue weighted by Crippen LogP contribution is -2.59. The van der Waals surface area contributed by atoms with E-state index in [2.05, 4.69) is 36.7 Å². The van der Waals surface area contributed by atoms with Crippen LogP contribution in [-0.2, 0) is 14.6 Å². The standard InChI is InChI=1S/C37H72N4O5S/c1-26(2)34(46-47(43,44)45)13-10-27(3)30-11-12-31-35-32(15-17-37(30,31)5)36(4)16-14-29(24-28(36)25-33(35)42)41-23-9-22-40-20-7-6-19-39-21-8-18-38/h26-35,39-42H,6-25,38H2,1-5H3,(H,43,44,45)/t27-,28-,29-,30-,31?,32?,33-,34+,35?,36+,37-/m1/s1. The molecule has 4 aliphatic carbocycles. The minimum atomic E-state index is -4.46. The minimum absolute atomic E-state index is 0.0137. The molecule has 0 aromatic heterocycles. The number of nitrogens with one attached hydrogen (secondary N) is 3. The first-order chi connectivity index (χ1) is 22.3. The van der Waals surface area contributed by atoms with Gasteiger partial charge in [-0.1, -0.05) is 34.6 Å². The summed E-state index contributed by atoms with van der Waals surface area (Å²) < 4.78 is 37.2. The van der Waals surface area contributed by atoms with Crippen LogP contribution in [0.3, 0.4) is 0 Å². The molecule has 0 aromatic rings. The summed E-state index contributed by atoms with van der Waals surface area (Å²) in [6.07, 6.45) is 15.0. The Bertz CT molecular complexity index is 1050. The molecule has 0 bridgehead atoms. The molecule has 0 radical (unpaired) electrons. The number of rotatable bonds is 20. The SMILES string of the molecule is CC(C)[C@H](CC[C@@H](C)[C@H]1CCC2C3C(CC[C@@]21C)[C@@]1(C)CC[C@@H](NCCCNCCCCNCCCN)C[C@@H]1C[C@H]3O)OS(=O)(=O)O. The van der Waals surface area contributed by atoms with E-state index in [0.717, 1.165) is 65.0 Å². The van der Waals surface area contributed by atoms with Gasteiger partial charge in [0.2, 0.25) is 0 Å². The summed E-state index contributed by atoms with van der Waals surface area (Å²) in [7, 11) is -4.46. The van der Waals surface area contributed by atoms with E-state index in [1.165, 1.54) is 57.8 Å². The Kier molecular flexibility index (Phi) is 14.9. The summed E-state index contributed by atoms with van der Waals surface area (Å²) in [4.78, 5) is 0. The van der Waals surface area contributed by atoms with Crippen LogP contribution in [0.1, 0.15) is 125 Å². The molecule has 276 valence electrons. The van der Waals surface area contributed by atoms with Crippen molar-refractivity contribution >= 4 is 10.4 Å². The van der Waals surface area contributed by atoms with E-state index < -0.39 is 16.5 Å². The Morgan fingerprint density at radius 1 is 0.830 bits per heavy atom. The summed E-state index contributed by atoms with van der Waals surface area (Å²) >= 11 is 0. The van der Waals surface area contributed by atoms with Crippen molar-refractivity contribution in [1.82, 2.24) is 16.0 Å². The molecular weight excluding hydrogens is 612 g/mol. The predicted octanol–water partition coefficient (Wildman–Crippen LogP) is 5.53. The summed E-state index contributed by atoms with van der Waals surface area (Å²) in [5, 5.41) is 22.8. The van der Waals surface area contributed by atoms with Crippen LogP contribution in [0.2, 0.25) is 0 Å². The maximum atomic E-state index is 11.8. The van der Waals surface area contributed by atoms with Crippen molar-refractivity contribution in [1.29, 1.82) is 0 Å². The lowest BCUT2D eigenvalue weighted by Gasteiger charge is -2.62. The zero-order valence-electron chi connectivity index (χ0n) is 30.5. The topological polar surface area (TPSA) is 146 Å². The van der Waals surface area contributed by atoms with E-state index in [1.807, 2.05) is 13.8 Å². The summed E-state index contributed by atoms with van der Waals surface area (Å²) in [5.74, 6) is 3.20. The third-order valence-corrected chi connectivity index (χ3v) is 14.3. The van der Waals surface area contributed by atoms with Crippen molar-refractivity contribution in [2.24, 2.45) is 58.0 Å². The molecular formula is C37H72N4O5S. The van der Waals surface area contributed by atoms with Gasteiger partial charge in [-0.15, -0.1) is 0 Å². The quantitative estimate of drug-likeness (QED) is 0.0720. The van der Waals surface area contributed by atoms with Crippen LogP contribution in [-0.4, -0.2) is 75.6 Å². The number of unbranched alkanes of at least 4 members (excludes halogenated alkanes) is 1. The van der Waals surface area contributed by atoms with Crippen molar-refractivity contribution in [2.45, 2.75) is 143 Å². The molecule has 0 amide bonds. The Labute approximate surface area is 288 Å². The third kappa shape index (κ3) is 10.1.